The molecule has 1 unspecified atom stereocenters. The summed E-state index contributed by atoms with van der Waals surface area (Å²) in [7, 11) is -4.36. The maximum atomic E-state index is 12.5. The van der Waals surface area contributed by atoms with E-state index in [1.165, 1.54) is 103 Å². The smallest absolute Gasteiger partial charge is 0.462 e. The lowest BCUT2D eigenvalue weighted by Crippen LogP contribution is -2.29. The zero-order chi connectivity index (χ0) is 34.7. The fourth-order valence-electron chi connectivity index (χ4n) is 5.28. The average molecular weight is 690 g/mol. The van der Waals surface area contributed by atoms with E-state index in [2.05, 4.69) is 26.0 Å². The molecule has 2 atom stereocenters. The van der Waals surface area contributed by atoms with Crippen molar-refractivity contribution in [3.63, 3.8) is 0 Å². The third-order valence-corrected chi connectivity index (χ3v) is 9.14. The Labute approximate surface area is 288 Å². The van der Waals surface area contributed by atoms with E-state index in [0.29, 0.717) is 6.42 Å². The van der Waals surface area contributed by atoms with Crippen molar-refractivity contribution in [2.45, 2.75) is 187 Å². The van der Waals surface area contributed by atoms with Crippen LogP contribution in [0.15, 0.2) is 12.2 Å². The molecule has 0 aliphatic rings. The second-order valence-corrected chi connectivity index (χ2v) is 14.3. The van der Waals surface area contributed by atoms with Gasteiger partial charge in [0.15, 0.2) is 6.10 Å². The van der Waals surface area contributed by atoms with Crippen LogP contribution in [0, 0.1) is 0 Å². The highest BCUT2D eigenvalue weighted by Gasteiger charge is 2.25. The van der Waals surface area contributed by atoms with Gasteiger partial charge >= 0.3 is 19.8 Å². The molecule has 0 spiro atoms. The van der Waals surface area contributed by atoms with E-state index < -0.39 is 26.5 Å². The number of carbonyl (C=O) groups excluding carboxylic acids is 2. The predicted molar refractivity (Wildman–Crippen MR) is 192 cm³/mol. The molecule has 0 fully saturated rings. The Morgan fingerprint density at radius 1 is 0.617 bits per heavy atom. The van der Waals surface area contributed by atoms with E-state index in [1.807, 2.05) is 0 Å². The Morgan fingerprint density at radius 2 is 1.04 bits per heavy atom. The molecule has 0 heterocycles. The minimum Gasteiger partial charge on any atom is -0.462 e. The van der Waals surface area contributed by atoms with Crippen molar-refractivity contribution in [1.29, 1.82) is 0 Å². The first kappa shape index (κ1) is 45.8. The largest absolute Gasteiger partial charge is 0.472 e. The molecule has 0 saturated carbocycles. The van der Waals surface area contributed by atoms with Crippen LogP contribution >= 0.6 is 7.82 Å². The Balaban J connectivity index is 4.17. The molecule has 0 aliphatic heterocycles. The van der Waals surface area contributed by atoms with E-state index >= 15 is 0 Å². The molecule has 0 aliphatic carbocycles. The van der Waals surface area contributed by atoms with Crippen molar-refractivity contribution >= 4 is 19.8 Å². The predicted octanol–water partition coefficient (Wildman–Crippen LogP) is 10.3. The number of unbranched alkanes of at least 4 members (excludes halogenated alkanes) is 21. The van der Waals surface area contributed by atoms with Crippen molar-refractivity contribution in [2.24, 2.45) is 5.73 Å². The molecule has 0 aromatic rings. The van der Waals surface area contributed by atoms with Crippen molar-refractivity contribution in [2.75, 3.05) is 26.4 Å². The molecule has 10 heteroatoms. The highest BCUT2D eigenvalue weighted by molar-refractivity contribution is 7.47. The normalized spacial score (nSPS) is 13.5. The van der Waals surface area contributed by atoms with Gasteiger partial charge in [0, 0.05) is 19.4 Å². The number of carbonyl (C=O) groups is 2. The van der Waals surface area contributed by atoms with Gasteiger partial charge in [-0.1, -0.05) is 142 Å². The first-order valence-corrected chi connectivity index (χ1v) is 20.7. The zero-order valence-electron chi connectivity index (χ0n) is 30.3. The van der Waals surface area contributed by atoms with Gasteiger partial charge in [0.25, 0.3) is 0 Å². The molecule has 47 heavy (non-hydrogen) atoms. The van der Waals surface area contributed by atoms with Gasteiger partial charge in [-0.3, -0.25) is 18.6 Å². The molecule has 0 aromatic heterocycles. The Kier molecular flexibility index (Phi) is 33.7. The summed E-state index contributed by atoms with van der Waals surface area (Å²) in [5, 5.41) is 0. The van der Waals surface area contributed by atoms with Crippen LogP contribution in [0.2, 0.25) is 0 Å². The van der Waals surface area contributed by atoms with Gasteiger partial charge in [-0.05, 0) is 38.5 Å². The van der Waals surface area contributed by atoms with Gasteiger partial charge in [0.1, 0.15) is 6.61 Å². The lowest BCUT2D eigenvalue weighted by atomic mass is 10.1. The van der Waals surface area contributed by atoms with E-state index in [-0.39, 0.29) is 38.6 Å². The summed E-state index contributed by atoms with van der Waals surface area (Å²) in [5.41, 5.74) is 5.32. The molecular weight excluding hydrogens is 617 g/mol. The van der Waals surface area contributed by atoms with Crippen LogP contribution in [0.1, 0.15) is 181 Å². The topological polar surface area (TPSA) is 134 Å². The highest BCUT2D eigenvalue weighted by Crippen LogP contribution is 2.43. The number of hydrogen-bond donors (Lipinski definition) is 2. The minimum atomic E-state index is -4.36. The van der Waals surface area contributed by atoms with Gasteiger partial charge < -0.3 is 20.1 Å². The number of esters is 2. The van der Waals surface area contributed by atoms with Gasteiger partial charge in [-0.2, -0.15) is 0 Å². The van der Waals surface area contributed by atoms with Crippen molar-refractivity contribution in [3.05, 3.63) is 12.2 Å². The highest BCUT2D eigenvalue weighted by atomic mass is 31.2. The van der Waals surface area contributed by atoms with Crippen LogP contribution in [0.5, 0.6) is 0 Å². The molecule has 9 nitrogen and oxygen atoms in total. The molecule has 0 rings (SSSR count). The maximum Gasteiger partial charge on any atom is 0.472 e. The van der Waals surface area contributed by atoms with Crippen LogP contribution < -0.4 is 5.73 Å². The van der Waals surface area contributed by atoms with Gasteiger partial charge in [0.05, 0.1) is 13.2 Å². The Morgan fingerprint density at radius 3 is 1.51 bits per heavy atom. The molecule has 0 radical (unpaired) electrons. The van der Waals surface area contributed by atoms with Crippen LogP contribution in [-0.4, -0.2) is 49.3 Å². The average Bonchev–Trinajstić information content (AvgIpc) is 3.05. The SMILES string of the molecule is CCCCCCCC/C=C/CCCCCCCCCC(=O)O[C@H](COC(=O)CCCCCCCCCCC)COP(=O)(O)OCCN. The fraction of sp³-hybridized carbons (Fsp3) is 0.892. The Hall–Kier alpha value is -1.25. The van der Waals surface area contributed by atoms with E-state index in [1.54, 1.807) is 0 Å². The monoisotopic (exact) mass is 689 g/mol. The fourth-order valence-corrected chi connectivity index (χ4v) is 6.04. The van der Waals surface area contributed by atoms with Gasteiger partial charge in [-0.25, -0.2) is 4.57 Å². The summed E-state index contributed by atoms with van der Waals surface area (Å²) < 4.78 is 32.6. The second-order valence-electron chi connectivity index (χ2n) is 12.8. The standard InChI is InChI=1S/C37H72NO8P/c1-3-5-7-9-11-13-14-15-16-17-18-19-20-22-24-26-28-30-37(40)46-35(34-45-47(41,42)44-32-31-38)33-43-36(39)29-27-25-23-21-12-10-8-6-4-2/h15-16,35H,3-14,17-34,38H2,1-2H3,(H,41,42)/b16-15+/t35-/m1/s1. The first-order valence-electron chi connectivity index (χ1n) is 19.2. The van der Waals surface area contributed by atoms with E-state index in [0.717, 1.165) is 44.9 Å². The molecule has 0 amide bonds. The number of allylic oxidation sites excluding steroid dienone is 2. The Bertz CT molecular complexity index is 794. The van der Waals surface area contributed by atoms with Crippen LogP contribution in [-0.2, 0) is 32.7 Å². The second kappa shape index (κ2) is 34.6. The summed E-state index contributed by atoms with van der Waals surface area (Å²) in [6.07, 6.45) is 32.4. The summed E-state index contributed by atoms with van der Waals surface area (Å²) in [4.78, 5) is 34.6. The minimum absolute atomic E-state index is 0.0551. The van der Waals surface area contributed by atoms with E-state index in [9.17, 15) is 19.0 Å². The summed E-state index contributed by atoms with van der Waals surface area (Å²) >= 11 is 0. The lowest BCUT2D eigenvalue weighted by molar-refractivity contribution is -0.161. The van der Waals surface area contributed by atoms with Gasteiger partial charge in [-0.15, -0.1) is 0 Å². The molecule has 0 saturated heterocycles. The molecule has 0 aromatic carbocycles. The van der Waals surface area contributed by atoms with Crippen LogP contribution in [0.3, 0.4) is 0 Å². The quantitative estimate of drug-likeness (QED) is 0.0285. The molecule has 3 N–H and O–H groups in total. The lowest BCUT2D eigenvalue weighted by Gasteiger charge is -2.19. The number of phosphoric ester groups is 1. The molecule has 278 valence electrons. The number of ether oxygens (including phenoxy) is 2. The summed E-state index contributed by atoms with van der Waals surface area (Å²) in [6, 6.07) is 0. The summed E-state index contributed by atoms with van der Waals surface area (Å²) in [6.45, 7) is 3.70. The number of phosphoric acid groups is 1. The van der Waals surface area contributed by atoms with Gasteiger partial charge in [0.2, 0.25) is 0 Å². The number of rotatable bonds is 36. The van der Waals surface area contributed by atoms with Crippen LogP contribution in [0.4, 0.5) is 0 Å². The van der Waals surface area contributed by atoms with Crippen molar-refractivity contribution in [3.8, 4) is 0 Å². The van der Waals surface area contributed by atoms with Crippen molar-refractivity contribution in [1.82, 2.24) is 0 Å². The third-order valence-electron chi connectivity index (χ3n) is 8.15. The summed E-state index contributed by atoms with van der Waals surface area (Å²) in [5.74, 6) is -0.832. The van der Waals surface area contributed by atoms with Crippen molar-refractivity contribution < 1.29 is 37.6 Å². The number of nitrogens with two attached hydrogens (primary N) is 1. The molecule has 0 bridgehead atoms. The zero-order valence-corrected chi connectivity index (χ0v) is 31.2. The number of hydrogen-bond acceptors (Lipinski definition) is 8. The first-order chi connectivity index (χ1) is 22.8. The van der Waals surface area contributed by atoms with E-state index in [4.69, 9.17) is 24.3 Å². The molecular formula is C37H72NO8P. The maximum absolute atomic E-state index is 12.5. The van der Waals surface area contributed by atoms with Crippen LogP contribution in [0.25, 0.3) is 0 Å². The third kappa shape index (κ3) is 34.4.